The zero-order chi connectivity index (χ0) is 18.0. The molecule has 4 rings (SSSR count). The highest BCUT2D eigenvalue weighted by molar-refractivity contribution is 5.91. The molecule has 0 radical (unpaired) electrons. The summed E-state index contributed by atoms with van der Waals surface area (Å²) in [6.07, 6.45) is -2.70. The van der Waals surface area contributed by atoms with Gasteiger partial charge in [-0.2, -0.15) is 13.2 Å². The molecule has 1 atom stereocenters. The number of carboxylic acids is 1. The fraction of sp³-hybridized carbons (Fsp3) is 0.500. The summed E-state index contributed by atoms with van der Waals surface area (Å²) < 4.78 is 46.5. The van der Waals surface area contributed by atoms with Crippen molar-refractivity contribution in [3.63, 3.8) is 0 Å². The third kappa shape index (κ3) is 2.44. The number of alkyl halides is 3. The second-order valence-corrected chi connectivity index (χ2v) is 6.99. The van der Waals surface area contributed by atoms with Crippen molar-refractivity contribution in [1.29, 1.82) is 0 Å². The lowest BCUT2D eigenvalue weighted by Gasteiger charge is -2.36. The first-order chi connectivity index (χ1) is 11.7. The van der Waals surface area contributed by atoms with Crippen molar-refractivity contribution in [3.05, 3.63) is 34.5 Å². The number of hydrogen-bond acceptors (Lipinski definition) is 2. The molecule has 7 heteroatoms. The summed E-state index contributed by atoms with van der Waals surface area (Å²) in [6.45, 7) is 1.98. The van der Waals surface area contributed by atoms with E-state index in [9.17, 15) is 23.1 Å². The molecule has 1 fully saturated rings. The summed E-state index contributed by atoms with van der Waals surface area (Å²) in [6, 6.07) is 2.56. The van der Waals surface area contributed by atoms with Crippen LogP contribution in [0, 0.1) is 12.8 Å². The average Bonchev–Trinajstić information content (AvgIpc) is 3.28. The number of aromatic nitrogens is 1. The third-order valence-electron chi connectivity index (χ3n) is 5.36. The molecule has 4 nitrogen and oxygen atoms in total. The minimum Gasteiger partial charge on any atom is -0.481 e. The summed E-state index contributed by atoms with van der Waals surface area (Å²) in [5.41, 5.74) is 0.503. The maximum absolute atomic E-state index is 13.5. The first-order valence-electron chi connectivity index (χ1n) is 8.31. The van der Waals surface area contributed by atoms with Crippen molar-refractivity contribution < 1.29 is 27.8 Å². The van der Waals surface area contributed by atoms with Gasteiger partial charge in [0.05, 0.1) is 24.3 Å². The molecule has 0 amide bonds. The Labute approximate surface area is 142 Å². The van der Waals surface area contributed by atoms with Gasteiger partial charge in [0, 0.05) is 10.9 Å². The van der Waals surface area contributed by atoms with Crippen LogP contribution >= 0.6 is 0 Å². The van der Waals surface area contributed by atoms with Crippen LogP contribution in [0.15, 0.2) is 12.1 Å². The van der Waals surface area contributed by atoms with E-state index >= 15 is 0 Å². The third-order valence-corrected chi connectivity index (χ3v) is 5.36. The highest BCUT2D eigenvalue weighted by atomic mass is 19.4. The second kappa shape index (κ2) is 5.24. The number of carboxylic acid groups (broad SMARTS) is 1. The minimum atomic E-state index is -4.46. The molecule has 25 heavy (non-hydrogen) atoms. The van der Waals surface area contributed by atoms with E-state index in [0.717, 1.165) is 18.9 Å². The summed E-state index contributed by atoms with van der Waals surface area (Å²) in [5.74, 6) is -0.975. The van der Waals surface area contributed by atoms with Crippen molar-refractivity contribution in [2.45, 2.75) is 44.4 Å². The van der Waals surface area contributed by atoms with Crippen molar-refractivity contribution in [3.8, 4) is 0 Å². The molecule has 134 valence electrons. The Bertz CT molecular complexity index is 867. The number of hydrogen-bond donors (Lipinski definition) is 2. The van der Waals surface area contributed by atoms with Crippen LogP contribution in [0.5, 0.6) is 0 Å². The van der Waals surface area contributed by atoms with Gasteiger partial charge in [-0.05, 0) is 49.3 Å². The molecule has 0 saturated heterocycles. The van der Waals surface area contributed by atoms with E-state index in [1.54, 1.807) is 6.92 Å². The fourth-order valence-electron chi connectivity index (χ4n) is 4.14. The van der Waals surface area contributed by atoms with E-state index in [1.165, 1.54) is 6.07 Å². The minimum absolute atomic E-state index is 0.0327. The van der Waals surface area contributed by atoms with Gasteiger partial charge >= 0.3 is 12.1 Å². The average molecular weight is 353 g/mol. The van der Waals surface area contributed by atoms with Gasteiger partial charge in [-0.1, -0.05) is 6.07 Å². The van der Waals surface area contributed by atoms with E-state index < -0.39 is 23.3 Å². The van der Waals surface area contributed by atoms with Crippen LogP contribution < -0.4 is 0 Å². The predicted molar refractivity (Wildman–Crippen MR) is 84.3 cm³/mol. The van der Waals surface area contributed by atoms with Gasteiger partial charge in [0.15, 0.2) is 0 Å². The molecule has 1 aliphatic heterocycles. The number of rotatable bonds is 3. The number of ether oxygens (including phenoxy) is 1. The number of nitrogens with one attached hydrogen (secondary N) is 1. The first-order valence-corrected chi connectivity index (χ1v) is 8.31. The van der Waals surface area contributed by atoms with Crippen LogP contribution in [0.1, 0.15) is 41.6 Å². The predicted octanol–water partition coefficient (Wildman–Crippen LogP) is 4.15. The largest absolute Gasteiger partial charge is 0.481 e. The maximum atomic E-state index is 13.5. The van der Waals surface area contributed by atoms with Gasteiger partial charge in [0.25, 0.3) is 0 Å². The van der Waals surface area contributed by atoms with Crippen LogP contribution in [-0.2, 0) is 27.7 Å². The molecule has 1 aliphatic carbocycles. The van der Waals surface area contributed by atoms with Crippen LogP contribution in [0.25, 0.3) is 10.9 Å². The number of H-pyrrole nitrogens is 1. The molecule has 1 saturated carbocycles. The Kier molecular flexibility index (Phi) is 3.45. The smallest absolute Gasteiger partial charge is 0.417 e. The quantitative estimate of drug-likeness (QED) is 0.871. The summed E-state index contributed by atoms with van der Waals surface area (Å²) in [4.78, 5) is 14.6. The maximum Gasteiger partial charge on any atom is 0.417 e. The molecule has 0 spiro atoms. The monoisotopic (exact) mass is 353 g/mol. The number of aromatic amines is 1. The van der Waals surface area contributed by atoms with Crippen LogP contribution in [0.4, 0.5) is 13.2 Å². The topological polar surface area (TPSA) is 62.3 Å². The van der Waals surface area contributed by atoms with Crippen molar-refractivity contribution in [2.75, 3.05) is 6.61 Å². The van der Waals surface area contributed by atoms with Gasteiger partial charge in [0.1, 0.15) is 5.60 Å². The van der Waals surface area contributed by atoms with E-state index in [-0.39, 0.29) is 24.3 Å². The standard InChI is InChI=1S/C18H18F3NO3/c1-9-2-5-12(18(19,20)21)14-11-6-7-25-17(8-13(23)24,10-3-4-10)16(11)22-15(9)14/h2,5,10,22H,3-4,6-8H2,1H3,(H,23,24). The van der Waals surface area contributed by atoms with E-state index in [2.05, 4.69) is 4.98 Å². The van der Waals surface area contributed by atoms with E-state index in [0.29, 0.717) is 28.8 Å². The van der Waals surface area contributed by atoms with Gasteiger partial charge in [-0.25, -0.2) is 0 Å². The Hall–Kier alpha value is -2.02. The lowest BCUT2D eigenvalue weighted by Crippen LogP contribution is -2.40. The van der Waals surface area contributed by atoms with E-state index in [1.807, 2.05) is 0 Å². The Morgan fingerprint density at radius 1 is 1.40 bits per heavy atom. The lowest BCUT2D eigenvalue weighted by molar-refractivity contribution is -0.151. The number of halogens is 3. The Morgan fingerprint density at radius 2 is 2.12 bits per heavy atom. The molecule has 1 unspecified atom stereocenters. The van der Waals surface area contributed by atoms with Gasteiger partial charge < -0.3 is 14.8 Å². The molecule has 0 bridgehead atoms. The number of carbonyl (C=O) groups is 1. The summed E-state index contributed by atoms with van der Waals surface area (Å²) in [5, 5.41) is 9.54. The van der Waals surface area contributed by atoms with Crippen LogP contribution in [0.2, 0.25) is 0 Å². The Balaban J connectivity index is 2.02. The highest BCUT2D eigenvalue weighted by Gasteiger charge is 2.53. The number of aliphatic carboxylic acids is 1. The van der Waals surface area contributed by atoms with Gasteiger partial charge in [-0.3, -0.25) is 4.79 Å². The van der Waals surface area contributed by atoms with Crippen molar-refractivity contribution >= 4 is 16.9 Å². The van der Waals surface area contributed by atoms with E-state index in [4.69, 9.17) is 4.74 Å². The molecule has 1 aromatic carbocycles. The number of benzene rings is 1. The zero-order valence-electron chi connectivity index (χ0n) is 13.7. The molecule has 2 heterocycles. The summed E-state index contributed by atoms with van der Waals surface area (Å²) >= 11 is 0. The normalized spacial score (nSPS) is 23.7. The second-order valence-electron chi connectivity index (χ2n) is 6.99. The fourth-order valence-corrected chi connectivity index (χ4v) is 4.14. The Morgan fingerprint density at radius 3 is 2.72 bits per heavy atom. The first kappa shape index (κ1) is 16.4. The van der Waals surface area contributed by atoms with Crippen molar-refractivity contribution in [2.24, 2.45) is 5.92 Å². The molecule has 2 aliphatic rings. The van der Waals surface area contributed by atoms with Crippen LogP contribution in [0.3, 0.4) is 0 Å². The highest BCUT2D eigenvalue weighted by Crippen LogP contribution is 2.54. The van der Waals surface area contributed by atoms with Crippen molar-refractivity contribution in [1.82, 2.24) is 4.98 Å². The molecule has 2 aromatic rings. The van der Waals surface area contributed by atoms with Crippen LogP contribution in [-0.4, -0.2) is 22.7 Å². The molecule has 1 aromatic heterocycles. The zero-order valence-corrected chi connectivity index (χ0v) is 13.7. The number of fused-ring (bicyclic) bond motifs is 3. The SMILES string of the molecule is Cc1ccc(C(F)(F)F)c2c3c([nH]c12)C(CC(=O)O)(C1CC1)OCC3. The van der Waals surface area contributed by atoms with Gasteiger partial charge in [-0.15, -0.1) is 0 Å². The lowest BCUT2D eigenvalue weighted by atomic mass is 9.83. The molecule has 2 N–H and O–H groups in total. The number of aryl methyl sites for hydroxylation is 1. The summed E-state index contributed by atoms with van der Waals surface area (Å²) in [7, 11) is 0. The molecular formula is C18H18F3NO3. The van der Waals surface area contributed by atoms with Gasteiger partial charge in [0.2, 0.25) is 0 Å². The molecular weight excluding hydrogens is 335 g/mol.